The van der Waals surface area contributed by atoms with Gasteiger partial charge in [0, 0.05) is 0 Å². The Morgan fingerprint density at radius 1 is 0.212 bits per heavy atom. The molecule has 6 aromatic rings. The van der Waals surface area contributed by atoms with E-state index in [0.717, 1.165) is 0 Å². The first-order chi connectivity index (χ1) is 46.0. The number of rotatable bonds is 24. The smallest absolute Gasteiger partial charge is 0.397 e. The Kier molecular flexibility index (Phi) is 34.4. The zero-order valence-corrected chi connectivity index (χ0v) is 53.8. The lowest BCUT2D eigenvalue weighted by Gasteiger charge is -2.23. The highest BCUT2D eigenvalue weighted by Gasteiger charge is 2.51. The number of carbonyl (C=O) groups is 12. The largest absolute Gasteiger partial charge is 0.480 e. The van der Waals surface area contributed by atoms with Crippen LogP contribution in [-0.2, 0) is 90.0 Å². The van der Waals surface area contributed by atoms with Crippen LogP contribution in [0.2, 0.25) is 0 Å². The number of alkyl halides is 6. The third-order valence-corrected chi connectivity index (χ3v) is 15.6. The van der Waals surface area contributed by atoms with Crippen LogP contribution in [0.15, 0.2) is 182 Å². The summed E-state index contributed by atoms with van der Waals surface area (Å²) in [5, 5.41) is 109. The molecule has 6 aromatic carbocycles. The molecule has 0 unspecified atom stereocenters. The third-order valence-electron chi connectivity index (χ3n) is 15.6. The fourth-order valence-corrected chi connectivity index (χ4v) is 9.63. The summed E-state index contributed by atoms with van der Waals surface area (Å²) in [5.74, 6) is -16.0. The maximum atomic E-state index is 11.1. The van der Waals surface area contributed by atoms with Gasteiger partial charge in [0.25, 0.3) is 0 Å². The van der Waals surface area contributed by atoms with Gasteiger partial charge in [-0.1, -0.05) is 224 Å². The predicted octanol–water partition coefficient (Wildman–Crippen LogP) is 11.5. The Morgan fingerprint density at radius 2 is 0.303 bits per heavy atom. The maximum Gasteiger partial charge on any atom is 0.397 e. The molecular weight excluding hydrogens is 1330 g/mol. The zero-order chi connectivity index (χ0) is 76.6. The number of aliphatic carboxylic acids is 12. The van der Waals surface area contributed by atoms with Crippen molar-refractivity contribution in [1.29, 1.82) is 0 Å². The molecule has 0 fully saturated rings. The van der Waals surface area contributed by atoms with Crippen LogP contribution in [0, 0.1) is 0 Å². The van der Waals surface area contributed by atoms with E-state index in [1.807, 2.05) is 0 Å². The molecule has 536 valence electrons. The molecule has 0 bridgehead atoms. The monoisotopic (exact) mass is 1400 g/mol. The van der Waals surface area contributed by atoms with Gasteiger partial charge in [-0.2, -0.15) is 26.3 Å². The fourth-order valence-electron chi connectivity index (χ4n) is 9.63. The quantitative estimate of drug-likeness (QED) is 0.0198. The van der Waals surface area contributed by atoms with Crippen molar-refractivity contribution in [2.24, 2.45) is 0 Å². The minimum Gasteiger partial charge on any atom is -0.480 e. The van der Waals surface area contributed by atoms with E-state index in [0.29, 0.717) is 33.4 Å². The fraction of sp³-hybridized carbons (Fsp3) is 0.304. The molecule has 0 aliphatic rings. The van der Waals surface area contributed by atoms with Crippen LogP contribution in [0.25, 0.3) is 0 Å². The Labute approximate surface area is 561 Å². The van der Waals surface area contributed by atoms with Gasteiger partial charge >= 0.3 is 84.0 Å². The second kappa shape index (κ2) is 38.9. The highest BCUT2D eigenvalue weighted by molar-refractivity contribution is 6.08. The molecule has 0 heterocycles. The van der Waals surface area contributed by atoms with E-state index in [2.05, 4.69) is 0 Å². The zero-order valence-electron chi connectivity index (χ0n) is 53.8. The molecule has 99 heavy (non-hydrogen) atoms. The van der Waals surface area contributed by atoms with Crippen LogP contribution in [0.3, 0.4) is 0 Å². The lowest BCUT2D eigenvalue weighted by Crippen LogP contribution is -2.43. The first-order valence-electron chi connectivity index (χ1n) is 29.3. The Balaban J connectivity index is 0.00000114. The van der Waals surface area contributed by atoms with E-state index in [1.165, 1.54) is 72.8 Å². The van der Waals surface area contributed by atoms with Crippen LogP contribution in [-0.4, -0.2) is 145 Å². The molecule has 0 saturated heterocycles. The second-order valence-electron chi connectivity index (χ2n) is 20.8. The Morgan fingerprint density at radius 3 is 0.354 bits per heavy atom. The Bertz CT molecular complexity index is 2960. The van der Waals surface area contributed by atoms with Crippen molar-refractivity contribution < 1.29 is 145 Å². The van der Waals surface area contributed by atoms with E-state index in [9.17, 15) is 83.9 Å². The predicted molar refractivity (Wildman–Crippen MR) is 339 cm³/mol. The van der Waals surface area contributed by atoms with Gasteiger partial charge in [0.2, 0.25) is 0 Å². The van der Waals surface area contributed by atoms with Gasteiger partial charge in [-0.05, 0) is 71.9 Å². The van der Waals surface area contributed by atoms with Crippen LogP contribution >= 0.6 is 0 Å². The molecule has 6 rings (SSSR count). The van der Waals surface area contributed by atoms with Gasteiger partial charge in [-0.25, -0.2) is 0 Å². The third kappa shape index (κ3) is 21.8. The molecule has 30 heteroatoms. The number of carboxylic acid groups (broad SMARTS) is 12. The van der Waals surface area contributed by atoms with Crippen LogP contribution < -0.4 is 0 Å². The molecule has 0 saturated carbocycles. The molecule has 24 nitrogen and oxygen atoms in total. The van der Waals surface area contributed by atoms with Gasteiger partial charge in [-0.3, -0.25) is 57.5 Å². The van der Waals surface area contributed by atoms with Crippen molar-refractivity contribution in [3.63, 3.8) is 0 Å². The molecule has 0 aromatic heterocycles. The van der Waals surface area contributed by atoms with Crippen molar-refractivity contribution in [2.45, 2.75) is 131 Å². The standard InChI is InChI=1S/6C11H12O4.C3H2F6/c6*1-2-11(9(12)13,10(14)15)8-6-4-3-5-7-8;4-2(5,6)1-3(7,8)9/h6*3-7H,2H2,1H3,(H,12,13)(H,14,15);1H2. The van der Waals surface area contributed by atoms with E-state index < -0.39 is 123 Å². The van der Waals surface area contributed by atoms with Crippen LogP contribution in [0.5, 0.6) is 0 Å². The van der Waals surface area contributed by atoms with E-state index in [1.54, 1.807) is 151 Å². The molecule has 0 amide bonds. The normalized spacial score (nSPS) is 11.3. The van der Waals surface area contributed by atoms with Gasteiger partial charge in [0.15, 0.2) is 32.5 Å². The average molecular weight is 1400 g/mol. The molecule has 0 aliphatic heterocycles. The lowest BCUT2D eigenvalue weighted by atomic mass is 9.78. The maximum absolute atomic E-state index is 11.1. The summed E-state index contributed by atoms with van der Waals surface area (Å²) < 4.78 is 65.0. The first-order valence-corrected chi connectivity index (χ1v) is 29.3. The number of hydrogen-bond acceptors (Lipinski definition) is 12. The molecule has 0 radical (unpaired) electrons. The van der Waals surface area contributed by atoms with Crippen molar-refractivity contribution in [2.75, 3.05) is 0 Å². The number of carboxylic acids is 12. The molecule has 0 aliphatic carbocycles. The van der Waals surface area contributed by atoms with Crippen molar-refractivity contribution >= 4 is 71.6 Å². The first kappa shape index (κ1) is 87.5. The van der Waals surface area contributed by atoms with Crippen molar-refractivity contribution in [3.8, 4) is 0 Å². The summed E-state index contributed by atoms with van der Waals surface area (Å²) in [6.07, 6.45) is -12.9. The summed E-state index contributed by atoms with van der Waals surface area (Å²) in [4.78, 5) is 133. The number of halogens is 6. The van der Waals surface area contributed by atoms with Gasteiger partial charge in [-0.15, -0.1) is 0 Å². The highest BCUT2D eigenvalue weighted by atomic mass is 19.4. The summed E-state index contributed by atoms with van der Waals surface area (Å²) in [7, 11) is 0. The summed E-state index contributed by atoms with van der Waals surface area (Å²) in [5.41, 5.74) is -9.20. The Hall–Kier alpha value is -11.5. The summed E-state index contributed by atoms with van der Waals surface area (Å²) >= 11 is 0. The summed E-state index contributed by atoms with van der Waals surface area (Å²) in [6.45, 7) is 9.30. The topological polar surface area (TPSA) is 448 Å². The number of benzene rings is 6. The SMILES string of the molecule is CCC(C(=O)O)(C(=O)O)c1ccccc1.CCC(C(=O)O)(C(=O)O)c1ccccc1.CCC(C(=O)O)(C(=O)O)c1ccccc1.CCC(C(=O)O)(C(=O)O)c1ccccc1.CCC(C(=O)O)(C(=O)O)c1ccccc1.CCC(C(=O)O)(C(=O)O)c1ccccc1.FC(F)(F)CC(F)(F)F. The van der Waals surface area contributed by atoms with Crippen LogP contribution in [0.4, 0.5) is 26.3 Å². The lowest BCUT2D eigenvalue weighted by molar-refractivity contribution is -0.232. The second-order valence-corrected chi connectivity index (χ2v) is 20.8. The number of hydrogen-bond donors (Lipinski definition) is 12. The summed E-state index contributed by atoms with van der Waals surface area (Å²) in [6, 6.07) is 48.1. The van der Waals surface area contributed by atoms with E-state index in [4.69, 9.17) is 61.3 Å². The van der Waals surface area contributed by atoms with Gasteiger partial charge in [0.05, 0.1) is 0 Å². The molecular formula is C69H74F6O24. The average Bonchev–Trinajstić information content (AvgIpc) is 0.839. The molecule has 0 spiro atoms. The van der Waals surface area contributed by atoms with Crippen molar-refractivity contribution in [1.82, 2.24) is 0 Å². The highest BCUT2D eigenvalue weighted by Crippen LogP contribution is 2.35. The molecule has 0 atom stereocenters. The molecule has 12 N–H and O–H groups in total. The minimum atomic E-state index is -5.14. The van der Waals surface area contributed by atoms with E-state index >= 15 is 0 Å². The van der Waals surface area contributed by atoms with Crippen LogP contribution in [0.1, 0.15) is 120 Å². The minimum absolute atomic E-state index is 0.0156. The van der Waals surface area contributed by atoms with E-state index in [-0.39, 0.29) is 38.5 Å². The van der Waals surface area contributed by atoms with Gasteiger partial charge < -0.3 is 61.3 Å². The van der Waals surface area contributed by atoms with Gasteiger partial charge in [0.1, 0.15) is 6.42 Å². The van der Waals surface area contributed by atoms with Crippen molar-refractivity contribution in [3.05, 3.63) is 215 Å².